The van der Waals surface area contributed by atoms with E-state index in [4.69, 9.17) is 0 Å². The lowest BCUT2D eigenvalue weighted by Gasteiger charge is -1.94. The number of halogens is 16. The largest absolute Gasteiger partial charge is 0.269 e. The summed E-state index contributed by atoms with van der Waals surface area (Å²) >= 11 is 16.9. The molecule has 0 saturated carbocycles. The minimum absolute atomic E-state index is 0. The van der Waals surface area contributed by atoms with Gasteiger partial charge in [0.2, 0.25) is 0 Å². The summed E-state index contributed by atoms with van der Waals surface area (Å²) in [6.45, 7) is 0. The zero-order chi connectivity index (χ0) is 30.9. The van der Waals surface area contributed by atoms with Gasteiger partial charge in [0.1, 0.15) is 89.4 Å². The molecule has 0 spiro atoms. The molecule has 0 fully saturated rings. The van der Waals surface area contributed by atoms with Crippen molar-refractivity contribution in [2.75, 3.05) is 0 Å². The summed E-state index contributed by atoms with van der Waals surface area (Å²) in [6, 6.07) is 4.38. The maximum Gasteiger partial charge on any atom is 0.147 e. The van der Waals surface area contributed by atoms with Crippen LogP contribution in [-0.4, -0.2) is 0 Å². The van der Waals surface area contributed by atoms with E-state index < -0.39 is 89.4 Å². The van der Waals surface area contributed by atoms with Gasteiger partial charge in [0.25, 0.3) is 0 Å². The third kappa shape index (κ3) is 14.9. The van der Waals surface area contributed by atoms with E-state index in [-0.39, 0.29) is 18.8 Å². The monoisotopic (exact) mass is 732 g/mol. The fraction of sp³-hybridized carbons (Fsp3) is 0. The smallest absolute Gasteiger partial charge is 0.147 e. The summed E-state index contributed by atoms with van der Waals surface area (Å²) in [7, 11) is 0. The van der Waals surface area contributed by atoms with Gasteiger partial charge >= 0.3 is 0 Å². The van der Waals surface area contributed by atoms with Gasteiger partial charge in [0.05, 0.1) is 0 Å². The summed E-state index contributed by atoms with van der Waals surface area (Å²) in [5.74, 6) is -12.1. The fourth-order valence-electron chi connectivity index (χ4n) is 2.12. The normalized spacial score (nSPS) is 9.00. The molecule has 0 saturated heterocycles. The molecule has 0 aromatic heterocycles. The molecule has 0 heterocycles. The van der Waals surface area contributed by atoms with E-state index in [1.807, 2.05) is 0 Å². The molecule has 0 nitrogen and oxygen atoms in total. The van der Waals surface area contributed by atoms with Crippen LogP contribution in [0, 0.1) is 69.8 Å². The lowest BCUT2D eigenvalue weighted by molar-refractivity contribution is 0.510. The lowest BCUT2D eigenvalue weighted by Crippen LogP contribution is -1.86. The number of hydrogen-bond acceptors (Lipinski definition) is 0. The quantitative estimate of drug-likeness (QED) is 0.158. The highest BCUT2D eigenvalue weighted by atomic mass is 32.1. The van der Waals surface area contributed by atoms with E-state index in [2.05, 4.69) is 50.5 Å². The second-order valence-corrected chi connectivity index (χ2v) is 8.43. The van der Waals surface area contributed by atoms with Crippen molar-refractivity contribution < 1.29 is 71.5 Å². The number of benzene rings is 4. The van der Waals surface area contributed by atoms with Crippen LogP contribution in [-0.2, 0) is 0 Å². The Kier molecular flexibility index (Phi) is 23.1. The highest BCUT2D eigenvalue weighted by molar-refractivity contribution is 7.80. The van der Waals surface area contributed by atoms with E-state index in [1.54, 1.807) is 0 Å². The van der Waals surface area contributed by atoms with E-state index in [1.165, 1.54) is 0 Å². The first kappa shape index (κ1) is 47.6. The van der Waals surface area contributed by atoms with E-state index >= 15 is 0 Å². The second-order valence-electron chi connectivity index (χ2n) is 6.79. The molecule has 0 amide bonds. The van der Waals surface area contributed by atoms with Crippen LogP contribution in [0.15, 0.2) is 68.1 Å². The number of rotatable bonds is 0. The zero-order valence-electron chi connectivity index (χ0n) is 20.4. The van der Waals surface area contributed by atoms with Gasteiger partial charge in [0, 0.05) is 48.5 Å². The van der Waals surface area contributed by atoms with Crippen LogP contribution < -0.4 is 0 Å². The van der Waals surface area contributed by atoms with Crippen LogP contribution in [0.2, 0.25) is 0 Å². The lowest BCUT2D eigenvalue weighted by atomic mass is 10.3. The summed E-state index contributed by atoms with van der Waals surface area (Å²) in [4.78, 5) is -2.27. The predicted molar refractivity (Wildman–Crippen MR) is 139 cm³/mol. The molecule has 0 atom stereocenters. The van der Waals surface area contributed by atoms with Crippen molar-refractivity contribution in [1.29, 1.82) is 0 Å². The minimum atomic E-state index is -1.03. The second kappa shape index (κ2) is 21.4. The summed E-state index contributed by atoms with van der Waals surface area (Å²) in [6.07, 6.45) is 0. The Balaban J connectivity index is -0.000000235. The Morgan fingerprint density at radius 2 is 0.341 bits per heavy atom. The summed E-state index contributed by atoms with van der Waals surface area (Å²) in [5, 5.41) is 0. The fourth-order valence-corrected chi connectivity index (χ4v) is 2.59. The van der Waals surface area contributed by atoms with E-state index in [0.29, 0.717) is 48.5 Å². The highest BCUT2D eigenvalue weighted by Crippen LogP contribution is 2.20. The summed E-state index contributed by atoms with van der Waals surface area (Å²) < 4.78 is 146. The van der Waals surface area contributed by atoms with Crippen molar-refractivity contribution in [3.63, 3.8) is 0 Å². The molecular formula is C24H12F16S4. The molecule has 44 heavy (non-hydrogen) atoms. The van der Waals surface area contributed by atoms with Gasteiger partial charge in [-0.1, -0.05) is 50.5 Å². The van der Waals surface area contributed by atoms with Gasteiger partial charge in [-0.05, 0) is 0 Å². The highest BCUT2D eigenvalue weighted by Gasteiger charge is 2.09. The van der Waals surface area contributed by atoms with E-state index in [0.717, 1.165) is 0 Å². The first-order chi connectivity index (χ1) is 18.4. The van der Waals surface area contributed by atoms with Crippen molar-refractivity contribution in [2.45, 2.75) is 19.6 Å². The molecule has 4 aromatic rings. The molecule has 20 heteroatoms. The molecule has 4 radical (unpaired) electrons. The minimum Gasteiger partial charge on any atom is -0.269 e. The maximum atomic E-state index is 12.3. The molecule has 0 aliphatic carbocycles. The molecule has 0 N–H and O–H groups in total. The van der Waals surface area contributed by atoms with Crippen molar-refractivity contribution in [2.24, 2.45) is 0 Å². The first-order valence-electron chi connectivity index (χ1n) is 9.70. The zero-order valence-corrected chi connectivity index (χ0v) is 23.7. The van der Waals surface area contributed by atoms with Crippen LogP contribution in [0.4, 0.5) is 71.5 Å². The van der Waals surface area contributed by atoms with Gasteiger partial charge in [-0.25, -0.2) is 52.7 Å². The topological polar surface area (TPSA) is 0 Å². The summed E-state index contributed by atoms with van der Waals surface area (Å²) in [5.41, 5.74) is 0. The van der Waals surface area contributed by atoms with Crippen molar-refractivity contribution in [3.05, 3.63) is 118 Å². The maximum absolute atomic E-state index is 12.3. The van der Waals surface area contributed by atoms with Crippen LogP contribution in [0.3, 0.4) is 0 Å². The van der Waals surface area contributed by atoms with Gasteiger partial charge in [0.15, 0.2) is 0 Å². The van der Waals surface area contributed by atoms with Crippen LogP contribution in [0.1, 0.15) is 0 Å². The molecular weight excluding hydrogens is 721 g/mol. The SMILES string of the molecule is F.F.F.F.Fc1cc(F)c([S])c(F)c1.Fc1cc(F)c([S])c(F)c1.Fc1cc(F)c([S])c(F)c1.Fc1cc(F)c([S])c(F)c1. The Morgan fingerprint density at radius 3 is 0.432 bits per heavy atom. The molecule has 4 rings (SSSR count). The molecule has 244 valence electrons. The van der Waals surface area contributed by atoms with Crippen LogP contribution >= 0.6 is 50.5 Å². The number of hydrogen-bond donors (Lipinski definition) is 0. The Hall–Kier alpha value is -3.36. The van der Waals surface area contributed by atoms with Crippen molar-refractivity contribution in [1.82, 2.24) is 0 Å². The third-order valence-corrected chi connectivity index (χ3v) is 5.41. The molecule has 0 aliphatic heterocycles. The molecule has 0 unspecified atom stereocenters. The average Bonchev–Trinajstić information content (AvgIpc) is 2.84. The first-order valence-corrected chi connectivity index (χ1v) is 11.3. The van der Waals surface area contributed by atoms with Crippen molar-refractivity contribution in [3.8, 4) is 0 Å². The molecule has 0 aliphatic rings. The molecule has 0 bridgehead atoms. The van der Waals surface area contributed by atoms with Crippen molar-refractivity contribution >= 4 is 50.5 Å². The standard InChI is InChI=1S/4C6H2F3S.4FH/c4*7-3-1-4(8)6(10)5(9)2-3;;;;/h4*1-2H;4*1H. The van der Waals surface area contributed by atoms with Gasteiger partial charge in [-0.15, -0.1) is 0 Å². The van der Waals surface area contributed by atoms with Crippen LogP contribution in [0.25, 0.3) is 0 Å². The van der Waals surface area contributed by atoms with Gasteiger partial charge < -0.3 is 0 Å². The van der Waals surface area contributed by atoms with Gasteiger partial charge in [-0.2, -0.15) is 0 Å². The van der Waals surface area contributed by atoms with E-state index in [9.17, 15) is 52.7 Å². The Labute approximate surface area is 259 Å². The Bertz CT molecular complexity index is 1170. The average molecular weight is 733 g/mol. The molecule has 4 aromatic carbocycles. The third-order valence-electron chi connectivity index (χ3n) is 3.85. The van der Waals surface area contributed by atoms with Gasteiger partial charge in [-0.3, -0.25) is 18.8 Å². The van der Waals surface area contributed by atoms with Crippen LogP contribution in [0.5, 0.6) is 0 Å². The predicted octanol–water partition coefficient (Wildman–Crippen LogP) is 11.3. The Morgan fingerprint density at radius 1 is 0.250 bits per heavy atom.